The number of rotatable bonds is 6. The van der Waals surface area contributed by atoms with E-state index in [-0.39, 0.29) is 13.2 Å². The van der Waals surface area contributed by atoms with Crippen molar-refractivity contribution in [2.24, 2.45) is 0 Å². The summed E-state index contributed by atoms with van der Waals surface area (Å²) in [5, 5.41) is 0. The Kier molecular flexibility index (Phi) is 6.73. The maximum absolute atomic E-state index is 11.6. The third kappa shape index (κ3) is 6.64. The predicted molar refractivity (Wildman–Crippen MR) is 90.5 cm³/mol. The summed E-state index contributed by atoms with van der Waals surface area (Å²) < 4.78 is 19.8. The molecule has 0 saturated heterocycles. The molecule has 0 saturated carbocycles. The van der Waals surface area contributed by atoms with Gasteiger partial charge in [-0.2, -0.15) is 0 Å². The molecule has 0 unspecified atom stereocenters. The van der Waals surface area contributed by atoms with Crippen molar-refractivity contribution in [2.75, 3.05) is 0 Å². The molecular formula is C19H18O7. The van der Waals surface area contributed by atoms with Gasteiger partial charge in [0.15, 0.2) is 0 Å². The lowest BCUT2D eigenvalue weighted by Crippen LogP contribution is -2.07. The zero-order valence-electron chi connectivity index (χ0n) is 14.4. The summed E-state index contributed by atoms with van der Waals surface area (Å²) in [6.07, 6.45) is -0.807. The van der Waals surface area contributed by atoms with Gasteiger partial charge in [0.1, 0.15) is 24.7 Å². The highest BCUT2D eigenvalue weighted by molar-refractivity contribution is 5.69. The Labute approximate surface area is 150 Å². The molecule has 26 heavy (non-hydrogen) atoms. The van der Waals surface area contributed by atoms with Crippen molar-refractivity contribution in [1.82, 2.24) is 0 Å². The zero-order valence-corrected chi connectivity index (χ0v) is 14.4. The molecule has 7 heteroatoms. The maximum Gasteiger partial charge on any atom is 0.508 e. The van der Waals surface area contributed by atoms with Gasteiger partial charge in [-0.1, -0.05) is 24.3 Å². The molecule has 0 spiro atoms. The highest BCUT2D eigenvalue weighted by Crippen LogP contribution is 2.15. The van der Waals surface area contributed by atoms with Gasteiger partial charge in [-0.3, -0.25) is 9.59 Å². The van der Waals surface area contributed by atoms with Gasteiger partial charge in [-0.15, -0.1) is 0 Å². The van der Waals surface area contributed by atoms with Crippen LogP contribution in [0.15, 0.2) is 48.5 Å². The van der Waals surface area contributed by atoms with Crippen LogP contribution in [0.4, 0.5) is 4.79 Å². The minimum atomic E-state index is -0.807. The maximum atomic E-state index is 11.6. The summed E-state index contributed by atoms with van der Waals surface area (Å²) in [6, 6.07) is 13.1. The molecule has 0 radical (unpaired) electrons. The lowest BCUT2D eigenvalue weighted by molar-refractivity contribution is -0.132. The first-order chi connectivity index (χ1) is 12.4. The van der Waals surface area contributed by atoms with Gasteiger partial charge < -0.3 is 18.9 Å². The molecule has 7 nitrogen and oxygen atoms in total. The molecule has 0 N–H and O–H groups in total. The predicted octanol–water partition coefficient (Wildman–Crippen LogP) is 3.39. The van der Waals surface area contributed by atoms with Crippen molar-refractivity contribution < 1.29 is 33.3 Å². The summed E-state index contributed by atoms with van der Waals surface area (Å²) >= 11 is 0. The molecule has 0 aromatic heterocycles. The number of ether oxygens (including phenoxy) is 4. The number of benzene rings is 2. The van der Waals surface area contributed by atoms with Crippen LogP contribution < -0.4 is 9.47 Å². The van der Waals surface area contributed by atoms with E-state index in [2.05, 4.69) is 0 Å². The normalized spacial score (nSPS) is 9.92. The Morgan fingerprint density at radius 3 is 1.31 bits per heavy atom. The van der Waals surface area contributed by atoms with Crippen LogP contribution in [0.5, 0.6) is 11.5 Å². The van der Waals surface area contributed by atoms with Crippen LogP contribution in [0.2, 0.25) is 0 Å². The third-order valence-electron chi connectivity index (χ3n) is 3.08. The average Bonchev–Trinajstić information content (AvgIpc) is 2.59. The van der Waals surface area contributed by atoms with E-state index in [9.17, 15) is 14.4 Å². The molecule has 0 atom stereocenters. The van der Waals surface area contributed by atoms with E-state index in [4.69, 9.17) is 18.9 Å². The van der Waals surface area contributed by atoms with Gasteiger partial charge in [0, 0.05) is 13.8 Å². The Balaban J connectivity index is 1.74. The van der Waals surface area contributed by atoms with Crippen molar-refractivity contribution in [3.8, 4) is 11.5 Å². The molecule has 0 fully saturated rings. The molecule has 0 aliphatic heterocycles. The fourth-order valence-corrected chi connectivity index (χ4v) is 1.97. The van der Waals surface area contributed by atoms with Crippen molar-refractivity contribution in [3.63, 3.8) is 0 Å². The second kappa shape index (κ2) is 9.22. The second-order valence-corrected chi connectivity index (χ2v) is 5.30. The van der Waals surface area contributed by atoms with Crippen LogP contribution >= 0.6 is 0 Å². The van der Waals surface area contributed by atoms with E-state index in [1.54, 1.807) is 48.5 Å². The molecule has 0 aliphatic carbocycles. The first-order valence-corrected chi connectivity index (χ1v) is 7.76. The number of hydrogen-bond acceptors (Lipinski definition) is 7. The largest absolute Gasteiger partial charge is 0.508 e. The Morgan fingerprint density at radius 2 is 1.00 bits per heavy atom. The van der Waals surface area contributed by atoms with E-state index in [0.29, 0.717) is 11.5 Å². The Bertz CT molecular complexity index is 698. The third-order valence-corrected chi connectivity index (χ3v) is 3.08. The molecule has 2 aromatic carbocycles. The van der Waals surface area contributed by atoms with E-state index in [1.165, 1.54) is 13.8 Å². The number of carbonyl (C=O) groups is 3. The van der Waals surface area contributed by atoms with Crippen molar-refractivity contribution in [2.45, 2.75) is 27.1 Å². The summed E-state index contributed by atoms with van der Waals surface area (Å²) in [7, 11) is 0. The molecule has 2 rings (SSSR count). The molecule has 0 heterocycles. The van der Waals surface area contributed by atoms with E-state index >= 15 is 0 Å². The Morgan fingerprint density at radius 1 is 0.654 bits per heavy atom. The zero-order chi connectivity index (χ0) is 18.9. The topological polar surface area (TPSA) is 88.1 Å². The van der Waals surface area contributed by atoms with Gasteiger partial charge in [-0.05, 0) is 35.4 Å². The first kappa shape index (κ1) is 19.0. The highest BCUT2D eigenvalue weighted by Gasteiger charge is 2.06. The smallest absolute Gasteiger partial charge is 0.429 e. The number of hydrogen-bond donors (Lipinski definition) is 0. The molecule has 136 valence electrons. The van der Waals surface area contributed by atoms with Crippen molar-refractivity contribution in [1.29, 1.82) is 0 Å². The molecular weight excluding hydrogens is 340 g/mol. The Hall–Kier alpha value is -3.35. The van der Waals surface area contributed by atoms with Crippen LogP contribution in [0.3, 0.4) is 0 Å². The van der Waals surface area contributed by atoms with Crippen molar-refractivity contribution >= 4 is 18.1 Å². The number of carbonyl (C=O) groups excluding carboxylic acids is 3. The summed E-state index contributed by atoms with van der Waals surface area (Å²) in [4.78, 5) is 33.3. The lowest BCUT2D eigenvalue weighted by atomic mass is 10.2. The fourth-order valence-electron chi connectivity index (χ4n) is 1.97. The standard InChI is InChI=1S/C19H18O7/c1-13(20)25-17-7-3-15(4-8-17)11-23-19(22)24-12-16-5-9-18(10-6-16)26-14(2)21/h3-10H,11-12H2,1-2H3. The van der Waals surface area contributed by atoms with Gasteiger partial charge >= 0.3 is 18.1 Å². The van der Waals surface area contributed by atoms with Gasteiger partial charge in [0.2, 0.25) is 0 Å². The van der Waals surface area contributed by atoms with Gasteiger partial charge in [0.25, 0.3) is 0 Å². The summed E-state index contributed by atoms with van der Waals surface area (Å²) in [5.74, 6) is 0.0268. The molecule has 0 bridgehead atoms. The van der Waals surface area contributed by atoms with Crippen molar-refractivity contribution in [3.05, 3.63) is 59.7 Å². The monoisotopic (exact) mass is 358 g/mol. The van der Waals surface area contributed by atoms with E-state index in [0.717, 1.165) is 11.1 Å². The number of esters is 2. The highest BCUT2D eigenvalue weighted by atomic mass is 16.7. The minimum Gasteiger partial charge on any atom is -0.429 e. The fraction of sp³-hybridized carbons (Fsp3) is 0.211. The average molecular weight is 358 g/mol. The summed E-state index contributed by atoms with van der Waals surface area (Å²) in [5.41, 5.74) is 1.45. The van der Waals surface area contributed by atoms with E-state index < -0.39 is 18.1 Å². The van der Waals surface area contributed by atoms with Crippen LogP contribution in [0, 0.1) is 0 Å². The SMILES string of the molecule is CC(=O)Oc1ccc(COC(=O)OCc2ccc(OC(C)=O)cc2)cc1. The second-order valence-electron chi connectivity index (χ2n) is 5.30. The first-order valence-electron chi connectivity index (χ1n) is 7.76. The molecule has 0 amide bonds. The van der Waals surface area contributed by atoms with Crippen LogP contribution in [0.25, 0.3) is 0 Å². The van der Waals surface area contributed by atoms with Gasteiger partial charge in [-0.25, -0.2) is 4.79 Å². The molecule has 0 aliphatic rings. The molecule has 2 aromatic rings. The van der Waals surface area contributed by atoms with Crippen LogP contribution in [0.1, 0.15) is 25.0 Å². The van der Waals surface area contributed by atoms with Gasteiger partial charge in [0.05, 0.1) is 0 Å². The summed E-state index contributed by atoms with van der Waals surface area (Å²) in [6.45, 7) is 2.70. The quantitative estimate of drug-likeness (QED) is 0.578. The van der Waals surface area contributed by atoms with Crippen LogP contribution in [-0.4, -0.2) is 18.1 Å². The van der Waals surface area contributed by atoms with Crippen LogP contribution in [-0.2, 0) is 32.3 Å². The van der Waals surface area contributed by atoms with E-state index in [1.807, 2.05) is 0 Å². The minimum absolute atomic E-state index is 0.0323. The lowest BCUT2D eigenvalue weighted by Gasteiger charge is -2.08.